The van der Waals surface area contributed by atoms with E-state index >= 15 is 0 Å². The van der Waals surface area contributed by atoms with Gasteiger partial charge in [0, 0.05) is 26.1 Å². The molecule has 1 saturated heterocycles. The molecule has 0 aromatic rings. The number of rotatable bonds is 8. The van der Waals surface area contributed by atoms with Crippen LogP contribution in [0.3, 0.4) is 0 Å². The number of hydrogen-bond acceptors (Lipinski definition) is 3. The van der Waals surface area contributed by atoms with Crippen LogP contribution >= 0.6 is 0 Å². The zero-order valence-corrected chi connectivity index (χ0v) is 14.4. The Bertz CT molecular complexity index is 438. The van der Waals surface area contributed by atoms with Crippen molar-refractivity contribution in [3.05, 3.63) is 0 Å². The summed E-state index contributed by atoms with van der Waals surface area (Å²) < 4.78 is 25.9. The van der Waals surface area contributed by atoms with Crippen molar-refractivity contribution >= 4 is 15.9 Å². The molecule has 1 aliphatic heterocycles. The molecule has 128 valence electrons. The van der Waals surface area contributed by atoms with E-state index in [0.717, 1.165) is 25.8 Å². The number of amides is 1. The fourth-order valence-electron chi connectivity index (χ4n) is 3.40. The standard InChI is InChI=1S/C16H30N2O3S/c19-16(17-14-15-8-2-3-9-15)10-4-7-13-22(20,21)18-11-5-1-6-12-18/h15H,1-14H2,(H,17,19). The third kappa shape index (κ3) is 5.88. The fraction of sp³-hybridized carbons (Fsp3) is 0.938. The van der Waals surface area contributed by atoms with Crippen LogP contribution in [0.1, 0.15) is 64.2 Å². The average molecular weight is 330 g/mol. The van der Waals surface area contributed by atoms with E-state index in [-0.39, 0.29) is 11.7 Å². The van der Waals surface area contributed by atoms with Crippen molar-refractivity contribution < 1.29 is 13.2 Å². The number of unbranched alkanes of at least 4 members (excludes halogenated alkanes) is 1. The molecule has 0 atom stereocenters. The van der Waals surface area contributed by atoms with Crippen LogP contribution in [0.2, 0.25) is 0 Å². The van der Waals surface area contributed by atoms with Crippen LogP contribution in [0, 0.1) is 5.92 Å². The van der Waals surface area contributed by atoms with Gasteiger partial charge in [-0.15, -0.1) is 0 Å². The van der Waals surface area contributed by atoms with Crippen LogP contribution in [0.25, 0.3) is 0 Å². The van der Waals surface area contributed by atoms with E-state index in [1.54, 1.807) is 4.31 Å². The minimum absolute atomic E-state index is 0.0715. The molecule has 1 amide bonds. The average Bonchev–Trinajstić information content (AvgIpc) is 3.04. The first kappa shape index (κ1) is 17.7. The minimum atomic E-state index is -3.11. The first-order valence-electron chi connectivity index (χ1n) is 8.82. The molecule has 1 heterocycles. The summed E-state index contributed by atoms with van der Waals surface area (Å²) in [6.45, 7) is 2.14. The Balaban J connectivity index is 1.56. The molecule has 0 spiro atoms. The molecule has 2 fully saturated rings. The normalized spacial score (nSPS) is 21.1. The first-order chi connectivity index (χ1) is 10.6. The summed E-state index contributed by atoms with van der Waals surface area (Å²) in [7, 11) is -3.11. The molecule has 0 unspecified atom stereocenters. The number of piperidine rings is 1. The van der Waals surface area contributed by atoms with Crippen molar-refractivity contribution in [1.29, 1.82) is 0 Å². The highest BCUT2D eigenvalue weighted by Gasteiger charge is 2.23. The van der Waals surface area contributed by atoms with Gasteiger partial charge in [0.2, 0.25) is 15.9 Å². The Morgan fingerprint density at radius 2 is 1.68 bits per heavy atom. The van der Waals surface area contributed by atoms with Gasteiger partial charge >= 0.3 is 0 Å². The lowest BCUT2D eigenvalue weighted by atomic mass is 10.1. The Kier molecular flexibility index (Phi) is 7.15. The monoisotopic (exact) mass is 330 g/mol. The number of hydrogen-bond donors (Lipinski definition) is 1. The van der Waals surface area contributed by atoms with Crippen LogP contribution in [0.15, 0.2) is 0 Å². The maximum absolute atomic E-state index is 12.2. The maximum Gasteiger partial charge on any atom is 0.220 e. The van der Waals surface area contributed by atoms with Crippen LogP contribution in [0.4, 0.5) is 0 Å². The lowest BCUT2D eigenvalue weighted by molar-refractivity contribution is -0.121. The Morgan fingerprint density at radius 1 is 1.00 bits per heavy atom. The van der Waals surface area contributed by atoms with Gasteiger partial charge in [-0.05, 0) is 44.4 Å². The maximum atomic E-state index is 12.2. The summed E-state index contributed by atoms with van der Waals surface area (Å²) in [4.78, 5) is 11.8. The first-order valence-corrected chi connectivity index (χ1v) is 10.4. The molecule has 2 aliphatic rings. The van der Waals surface area contributed by atoms with Crippen molar-refractivity contribution in [2.75, 3.05) is 25.4 Å². The lowest BCUT2D eigenvalue weighted by Gasteiger charge is -2.25. The zero-order chi connectivity index (χ0) is 15.8. The quantitative estimate of drug-likeness (QED) is 0.694. The molecule has 0 radical (unpaired) electrons. The van der Waals surface area contributed by atoms with Gasteiger partial charge in [-0.1, -0.05) is 19.3 Å². The van der Waals surface area contributed by atoms with E-state index in [9.17, 15) is 13.2 Å². The summed E-state index contributed by atoms with van der Waals surface area (Å²) in [6.07, 6.45) is 9.80. The third-order valence-corrected chi connectivity index (χ3v) is 6.78. The van der Waals surface area contributed by atoms with Crippen LogP contribution in [-0.2, 0) is 14.8 Å². The van der Waals surface area contributed by atoms with Crippen LogP contribution in [-0.4, -0.2) is 44.0 Å². The largest absolute Gasteiger partial charge is 0.356 e. The number of nitrogens with zero attached hydrogens (tertiary/aromatic N) is 1. The number of nitrogens with one attached hydrogen (secondary N) is 1. The fourth-order valence-corrected chi connectivity index (χ4v) is 5.04. The predicted molar refractivity (Wildman–Crippen MR) is 88.0 cm³/mol. The summed E-state index contributed by atoms with van der Waals surface area (Å²) in [5, 5.41) is 2.99. The molecular weight excluding hydrogens is 300 g/mol. The second-order valence-corrected chi connectivity index (χ2v) is 8.78. The van der Waals surface area contributed by atoms with Gasteiger partial charge in [0.05, 0.1) is 5.75 Å². The second kappa shape index (κ2) is 8.87. The highest BCUT2D eigenvalue weighted by atomic mass is 32.2. The molecule has 1 N–H and O–H groups in total. The van der Waals surface area contributed by atoms with Gasteiger partial charge in [-0.25, -0.2) is 12.7 Å². The van der Waals surface area contributed by atoms with E-state index in [1.165, 1.54) is 25.7 Å². The lowest BCUT2D eigenvalue weighted by Crippen LogP contribution is -2.37. The van der Waals surface area contributed by atoms with Gasteiger partial charge in [-0.3, -0.25) is 4.79 Å². The SMILES string of the molecule is O=C(CCCCS(=O)(=O)N1CCCCC1)NCC1CCCC1. The number of carbonyl (C=O) groups excluding carboxylic acids is 1. The van der Waals surface area contributed by atoms with E-state index in [0.29, 0.717) is 38.3 Å². The van der Waals surface area contributed by atoms with E-state index in [4.69, 9.17) is 0 Å². The minimum Gasteiger partial charge on any atom is -0.356 e. The highest BCUT2D eigenvalue weighted by molar-refractivity contribution is 7.89. The molecular formula is C16H30N2O3S. The molecule has 6 heteroatoms. The molecule has 1 aliphatic carbocycles. The Labute approximate surface area is 134 Å². The van der Waals surface area contributed by atoms with Crippen molar-refractivity contribution in [3.63, 3.8) is 0 Å². The zero-order valence-electron chi connectivity index (χ0n) is 13.6. The number of carbonyl (C=O) groups is 1. The van der Waals surface area contributed by atoms with E-state index in [1.807, 2.05) is 0 Å². The van der Waals surface area contributed by atoms with Crippen LogP contribution < -0.4 is 5.32 Å². The number of sulfonamides is 1. The van der Waals surface area contributed by atoms with Gasteiger partial charge in [0.15, 0.2) is 0 Å². The van der Waals surface area contributed by atoms with Gasteiger partial charge in [0.25, 0.3) is 0 Å². The van der Waals surface area contributed by atoms with E-state index < -0.39 is 10.0 Å². The topological polar surface area (TPSA) is 66.5 Å². The molecule has 2 rings (SSSR count). The molecule has 0 aromatic heterocycles. The van der Waals surface area contributed by atoms with Gasteiger partial charge in [-0.2, -0.15) is 0 Å². The molecule has 5 nitrogen and oxygen atoms in total. The van der Waals surface area contributed by atoms with Crippen molar-refractivity contribution in [2.45, 2.75) is 64.2 Å². The highest BCUT2D eigenvalue weighted by Crippen LogP contribution is 2.23. The molecule has 0 aromatic carbocycles. The van der Waals surface area contributed by atoms with Crippen molar-refractivity contribution in [2.24, 2.45) is 5.92 Å². The predicted octanol–water partition coefficient (Wildman–Crippen LogP) is 2.28. The van der Waals surface area contributed by atoms with Crippen molar-refractivity contribution in [1.82, 2.24) is 9.62 Å². The summed E-state index contributed by atoms with van der Waals surface area (Å²) >= 11 is 0. The molecule has 22 heavy (non-hydrogen) atoms. The van der Waals surface area contributed by atoms with Crippen LogP contribution in [0.5, 0.6) is 0 Å². The smallest absolute Gasteiger partial charge is 0.220 e. The second-order valence-electron chi connectivity index (χ2n) is 6.69. The van der Waals surface area contributed by atoms with Gasteiger partial charge in [0.1, 0.15) is 0 Å². The Hall–Kier alpha value is -0.620. The Morgan fingerprint density at radius 3 is 2.36 bits per heavy atom. The summed E-state index contributed by atoms with van der Waals surface area (Å²) in [5.41, 5.74) is 0. The van der Waals surface area contributed by atoms with Gasteiger partial charge < -0.3 is 5.32 Å². The van der Waals surface area contributed by atoms with Crippen molar-refractivity contribution in [3.8, 4) is 0 Å². The van der Waals surface area contributed by atoms with E-state index in [2.05, 4.69) is 5.32 Å². The summed E-state index contributed by atoms with van der Waals surface area (Å²) in [5.74, 6) is 0.911. The third-order valence-electron chi connectivity index (χ3n) is 4.83. The molecule has 1 saturated carbocycles. The molecule has 0 bridgehead atoms. The summed E-state index contributed by atoms with van der Waals surface area (Å²) in [6, 6.07) is 0.